The molecule has 0 atom stereocenters. The molecule has 0 saturated carbocycles. The largest absolute Gasteiger partial charge is 0.484 e. The van der Waals surface area contributed by atoms with Crippen molar-refractivity contribution in [2.45, 2.75) is 25.3 Å². The first-order valence-electron chi connectivity index (χ1n) is 8.70. The Labute approximate surface area is 167 Å². The number of carbonyl (C=O) groups excluding carboxylic acids is 1. The van der Waals surface area contributed by atoms with Gasteiger partial charge in [0.05, 0.1) is 4.90 Å². The molecule has 2 aromatic carbocycles. The number of nitrogens with one attached hydrogen (secondary N) is 1. The van der Waals surface area contributed by atoms with Gasteiger partial charge in [-0.05, 0) is 49.2 Å². The van der Waals surface area contributed by atoms with Gasteiger partial charge in [0.15, 0.2) is 6.61 Å². The number of carbonyl (C=O) groups is 1. The average Bonchev–Trinajstić information content (AvgIpc) is 2.68. The highest BCUT2D eigenvalue weighted by Crippen LogP contribution is 2.23. The molecule has 0 saturated heterocycles. The second-order valence-corrected chi connectivity index (χ2v) is 8.11. The quantitative estimate of drug-likeness (QED) is 0.589. The summed E-state index contributed by atoms with van der Waals surface area (Å²) in [5, 5.41) is 8.52. The fourth-order valence-electron chi connectivity index (χ4n) is 2.72. The van der Waals surface area contributed by atoms with E-state index in [1.165, 1.54) is 12.1 Å². The van der Waals surface area contributed by atoms with Crippen LogP contribution in [0.25, 0.3) is 11.0 Å². The molecule has 0 aliphatic heterocycles. The third-order valence-corrected chi connectivity index (χ3v) is 5.47. The monoisotopic (exact) mass is 416 g/mol. The number of rotatable bonds is 6. The number of primary sulfonamides is 1. The van der Waals surface area contributed by atoms with Gasteiger partial charge in [0.25, 0.3) is 5.91 Å². The molecule has 1 aromatic heterocycles. The van der Waals surface area contributed by atoms with E-state index in [0.717, 1.165) is 10.9 Å². The summed E-state index contributed by atoms with van der Waals surface area (Å²) in [6, 6.07) is 10.9. The number of benzene rings is 2. The van der Waals surface area contributed by atoms with Gasteiger partial charge in [0.1, 0.15) is 11.3 Å². The molecule has 1 heterocycles. The molecule has 0 unspecified atom stereocenters. The maximum atomic E-state index is 12.0. The maximum Gasteiger partial charge on any atom is 0.339 e. The maximum absolute atomic E-state index is 12.0. The molecule has 3 N–H and O–H groups in total. The van der Waals surface area contributed by atoms with E-state index in [9.17, 15) is 18.0 Å². The van der Waals surface area contributed by atoms with Crippen LogP contribution in [-0.2, 0) is 21.4 Å². The molecule has 152 valence electrons. The average molecular weight is 416 g/mol. The van der Waals surface area contributed by atoms with Crippen LogP contribution in [0.5, 0.6) is 5.75 Å². The van der Waals surface area contributed by atoms with Crippen molar-refractivity contribution in [3.8, 4) is 5.75 Å². The fraction of sp³-hybridized carbons (Fsp3) is 0.200. The number of nitrogens with two attached hydrogens (primary N) is 1. The molecule has 0 aliphatic rings. The van der Waals surface area contributed by atoms with Crippen LogP contribution in [0.3, 0.4) is 0 Å². The van der Waals surface area contributed by atoms with Crippen LogP contribution in [0, 0.1) is 13.8 Å². The van der Waals surface area contributed by atoms with Gasteiger partial charge < -0.3 is 14.5 Å². The molecule has 0 fully saturated rings. The summed E-state index contributed by atoms with van der Waals surface area (Å²) in [5.41, 5.74) is 2.10. The SMILES string of the molecule is Cc1c(C)c2ccc(OCC(=O)NCc3ccc(S(N)(=O)=O)cc3)cc2oc1=O. The normalized spacial score (nSPS) is 11.4. The predicted octanol–water partition coefficient (Wildman–Crippen LogP) is 1.75. The van der Waals surface area contributed by atoms with Gasteiger partial charge in [-0.3, -0.25) is 4.79 Å². The van der Waals surface area contributed by atoms with Gasteiger partial charge in [-0.2, -0.15) is 0 Å². The number of sulfonamides is 1. The number of amides is 1. The molecule has 1 amide bonds. The van der Waals surface area contributed by atoms with Crippen LogP contribution in [0.2, 0.25) is 0 Å². The zero-order chi connectivity index (χ0) is 21.2. The molecule has 29 heavy (non-hydrogen) atoms. The van der Waals surface area contributed by atoms with Crippen LogP contribution in [0.1, 0.15) is 16.7 Å². The van der Waals surface area contributed by atoms with E-state index >= 15 is 0 Å². The molecule has 0 aliphatic carbocycles. The van der Waals surface area contributed by atoms with Gasteiger partial charge >= 0.3 is 5.63 Å². The van der Waals surface area contributed by atoms with Gasteiger partial charge in [0, 0.05) is 23.6 Å². The molecule has 0 bridgehead atoms. The van der Waals surface area contributed by atoms with Gasteiger partial charge in [-0.25, -0.2) is 18.4 Å². The summed E-state index contributed by atoms with van der Waals surface area (Å²) >= 11 is 0. The number of fused-ring (bicyclic) bond motifs is 1. The Morgan fingerprint density at radius 3 is 2.45 bits per heavy atom. The lowest BCUT2D eigenvalue weighted by atomic mass is 10.1. The van der Waals surface area contributed by atoms with Gasteiger partial charge in [-0.1, -0.05) is 12.1 Å². The Kier molecular flexibility index (Phi) is 5.71. The summed E-state index contributed by atoms with van der Waals surface area (Å²) in [4.78, 5) is 23.8. The van der Waals surface area contributed by atoms with E-state index < -0.39 is 15.6 Å². The summed E-state index contributed by atoms with van der Waals surface area (Å²) in [5.74, 6) is 0.0405. The van der Waals surface area contributed by atoms with E-state index in [1.807, 2.05) is 6.92 Å². The smallest absolute Gasteiger partial charge is 0.339 e. The lowest BCUT2D eigenvalue weighted by molar-refractivity contribution is -0.123. The molecule has 0 radical (unpaired) electrons. The zero-order valence-corrected chi connectivity index (χ0v) is 16.7. The van der Waals surface area contributed by atoms with Crippen molar-refractivity contribution in [2.24, 2.45) is 5.14 Å². The summed E-state index contributed by atoms with van der Waals surface area (Å²) < 4.78 is 33.2. The standard InChI is InChI=1S/C20H20N2O6S/c1-12-13(2)20(24)28-18-9-15(5-8-17(12)18)27-11-19(23)22-10-14-3-6-16(7-4-14)29(21,25)26/h3-9H,10-11H2,1-2H3,(H,22,23)(H2,21,25,26). The first-order chi connectivity index (χ1) is 13.6. The molecule has 3 rings (SSSR count). The lowest BCUT2D eigenvalue weighted by Crippen LogP contribution is -2.28. The fourth-order valence-corrected chi connectivity index (χ4v) is 3.23. The lowest BCUT2D eigenvalue weighted by Gasteiger charge is -2.09. The van der Waals surface area contributed by atoms with Crippen LogP contribution >= 0.6 is 0 Å². The Morgan fingerprint density at radius 2 is 1.79 bits per heavy atom. The summed E-state index contributed by atoms with van der Waals surface area (Å²) in [6.07, 6.45) is 0. The van der Waals surface area contributed by atoms with Crippen molar-refractivity contribution in [2.75, 3.05) is 6.61 Å². The molecule has 0 spiro atoms. The van der Waals surface area contributed by atoms with Crippen LogP contribution in [0.15, 0.2) is 56.6 Å². The Balaban J connectivity index is 1.59. The van der Waals surface area contributed by atoms with E-state index in [2.05, 4.69) is 5.32 Å². The topological polar surface area (TPSA) is 129 Å². The predicted molar refractivity (Wildman–Crippen MR) is 107 cm³/mol. The molecular formula is C20H20N2O6S. The minimum absolute atomic E-state index is 0.00398. The zero-order valence-electron chi connectivity index (χ0n) is 15.9. The van der Waals surface area contributed by atoms with Crippen LogP contribution in [0.4, 0.5) is 0 Å². The highest BCUT2D eigenvalue weighted by molar-refractivity contribution is 7.89. The first-order valence-corrected chi connectivity index (χ1v) is 10.2. The highest BCUT2D eigenvalue weighted by Gasteiger charge is 2.10. The third-order valence-electron chi connectivity index (χ3n) is 4.54. The van der Waals surface area contributed by atoms with Crippen molar-refractivity contribution in [1.82, 2.24) is 5.32 Å². The molecular weight excluding hydrogens is 396 g/mol. The van der Waals surface area contributed by atoms with Gasteiger partial charge in [0.2, 0.25) is 10.0 Å². The Morgan fingerprint density at radius 1 is 1.10 bits per heavy atom. The van der Waals surface area contributed by atoms with E-state index in [0.29, 0.717) is 22.5 Å². The molecule has 8 nitrogen and oxygen atoms in total. The first kappa shape index (κ1) is 20.6. The van der Waals surface area contributed by atoms with Crippen molar-refractivity contribution in [3.05, 3.63) is 69.6 Å². The number of aryl methyl sites for hydroxylation is 1. The number of ether oxygens (including phenoxy) is 1. The highest BCUT2D eigenvalue weighted by atomic mass is 32.2. The summed E-state index contributed by atoms with van der Waals surface area (Å²) in [7, 11) is -3.75. The van der Waals surface area contributed by atoms with Crippen molar-refractivity contribution in [3.63, 3.8) is 0 Å². The minimum Gasteiger partial charge on any atom is -0.484 e. The Hall–Kier alpha value is -3.17. The Bertz CT molecular complexity index is 1230. The van der Waals surface area contributed by atoms with E-state index in [-0.39, 0.29) is 24.0 Å². The van der Waals surface area contributed by atoms with Crippen LogP contribution in [-0.4, -0.2) is 20.9 Å². The third kappa shape index (κ3) is 4.82. The number of hydrogen-bond acceptors (Lipinski definition) is 6. The van der Waals surface area contributed by atoms with E-state index in [4.69, 9.17) is 14.3 Å². The molecule has 3 aromatic rings. The second-order valence-electron chi connectivity index (χ2n) is 6.55. The second kappa shape index (κ2) is 8.06. The molecule has 9 heteroatoms. The van der Waals surface area contributed by atoms with Crippen molar-refractivity contribution < 1.29 is 22.4 Å². The van der Waals surface area contributed by atoms with Crippen LogP contribution < -0.4 is 20.8 Å². The van der Waals surface area contributed by atoms with Crippen molar-refractivity contribution in [1.29, 1.82) is 0 Å². The minimum atomic E-state index is -3.75. The number of hydrogen-bond donors (Lipinski definition) is 2. The van der Waals surface area contributed by atoms with E-state index in [1.54, 1.807) is 37.3 Å². The van der Waals surface area contributed by atoms with Gasteiger partial charge in [-0.15, -0.1) is 0 Å². The van der Waals surface area contributed by atoms with Crippen molar-refractivity contribution >= 4 is 26.9 Å². The summed E-state index contributed by atoms with van der Waals surface area (Å²) in [6.45, 7) is 3.53.